The van der Waals surface area contributed by atoms with Crippen LogP contribution in [0, 0.1) is 0 Å². The second-order valence-corrected chi connectivity index (χ2v) is 26.3. The Morgan fingerprint density at radius 3 is 1.18 bits per heavy atom. The molecule has 482 valence electrons. The SMILES string of the molecule is c1ccc(-c2c3ccccc3nc3c2ccc2ccc(-c4ccc(-c5cc6cccnc6c6ncccc56)nc4)nc23)cc1.c1ccc(-c2c3ccccc3nc3c2ccc2ccc(-c4ccc5c6ccc(-c7cc(-c8ccccn8)cc(-c8ccccn8)c7)cc6c6ccccc6c5c4)nc23)cc1. The lowest BCUT2D eigenvalue weighted by Crippen LogP contribution is -1.94. The molecular formula is C95H57N9. The minimum Gasteiger partial charge on any atom is -0.256 e. The lowest BCUT2D eigenvalue weighted by atomic mass is 9.90. The van der Waals surface area contributed by atoms with Gasteiger partial charge >= 0.3 is 0 Å². The fourth-order valence-electron chi connectivity index (χ4n) is 15.4. The average molecular weight is 1320 g/mol. The van der Waals surface area contributed by atoms with Crippen LogP contribution in [0.2, 0.25) is 0 Å². The summed E-state index contributed by atoms with van der Waals surface area (Å²) in [6.45, 7) is 0. The van der Waals surface area contributed by atoms with E-state index in [9.17, 15) is 0 Å². The van der Waals surface area contributed by atoms with Gasteiger partial charge in [0.1, 0.15) is 0 Å². The fraction of sp³-hybridized carbons (Fsp3) is 0. The molecule has 0 atom stereocenters. The van der Waals surface area contributed by atoms with Crippen LogP contribution in [-0.2, 0) is 0 Å². The van der Waals surface area contributed by atoms with Crippen LogP contribution in [0.3, 0.4) is 0 Å². The Balaban J connectivity index is 0.000000145. The van der Waals surface area contributed by atoms with Crippen molar-refractivity contribution < 1.29 is 0 Å². The van der Waals surface area contributed by atoms with Crippen molar-refractivity contribution in [2.24, 2.45) is 0 Å². The van der Waals surface area contributed by atoms with E-state index in [4.69, 9.17) is 34.9 Å². The molecule has 0 N–H and O–H groups in total. The highest BCUT2D eigenvalue weighted by Gasteiger charge is 2.20. The molecule has 12 aromatic carbocycles. The van der Waals surface area contributed by atoms with Gasteiger partial charge in [-0.15, -0.1) is 0 Å². The van der Waals surface area contributed by atoms with E-state index in [0.29, 0.717) is 0 Å². The van der Waals surface area contributed by atoms with Gasteiger partial charge in [0.15, 0.2) is 0 Å². The zero-order chi connectivity index (χ0) is 68.6. The summed E-state index contributed by atoms with van der Waals surface area (Å²) < 4.78 is 0. The number of fused-ring (bicyclic) bond motifs is 17. The van der Waals surface area contributed by atoms with Crippen LogP contribution < -0.4 is 0 Å². The number of hydrogen-bond acceptors (Lipinski definition) is 9. The van der Waals surface area contributed by atoms with Crippen LogP contribution in [0.1, 0.15) is 0 Å². The van der Waals surface area contributed by atoms with E-state index in [-0.39, 0.29) is 0 Å². The molecule has 9 heterocycles. The van der Waals surface area contributed by atoms with Crippen LogP contribution in [0.4, 0.5) is 0 Å². The second-order valence-electron chi connectivity index (χ2n) is 26.3. The highest BCUT2D eigenvalue weighted by molar-refractivity contribution is 6.27. The summed E-state index contributed by atoms with van der Waals surface area (Å²) in [4.78, 5) is 44.5. The van der Waals surface area contributed by atoms with Crippen molar-refractivity contribution >= 4 is 120 Å². The second kappa shape index (κ2) is 24.9. The highest BCUT2D eigenvalue weighted by atomic mass is 14.8. The van der Waals surface area contributed by atoms with Crippen molar-refractivity contribution in [1.82, 2.24) is 44.9 Å². The largest absolute Gasteiger partial charge is 0.256 e. The van der Waals surface area contributed by atoms with E-state index < -0.39 is 0 Å². The molecule has 9 aromatic heterocycles. The molecule has 0 aliphatic rings. The Labute approximate surface area is 596 Å². The van der Waals surface area contributed by atoms with Crippen LogP contribution in [0.15, 0.2) is 346 Å². The van der Waals surface area contributed by atoms with Gasteiger partial charge < -0.3 is 0 Å². The topological polar surface area (TPSA) is 116 Å². The van der Waals surface area contributed by atoms with Gasteiger partial charge in [-0.25, -0.2) is 19.9 Å². The Hall–Kier alpha value is -14.2. The van der Waals surface area contributed by atoms with Gasteiger partial charge in [0.2, 0.25) is 0 Å². The predicted octanol–water partition coefficient (Wildman–Crippen LogP) is 23.9. The Morgan fingerprint density at radius 1 is 0.173 bits per heavy atom. The van der Waals surface area contributed by atoms with Gasteiger partial charge in [-0.3, -0.25) is 24.9 Å². The van der Waals surface area contributed by atoms with E-state index in [1.54, 1.807) is 0 Å². The molecule has 0 bridgehead atoms. The summed E-state index contributed by atoms with van der Waals surface area (Å²) in [6, 6.07) is 111. The normalized spacial score (nSPS) is 11.7. The first kappa shape index (κ1) is 59.9. The predicted molar refractivity (Wildman–Crippen MR) is 429 cm³/mol. The monoisotopic (exact) mass is 1320 g/mol. The highest BCUT2D eigenvalue weighted by Crippen LogP contribution is 2.44. The molecule has 0 saturated carbocycles. The van der Waals surface area contributed by atoms with E-state index >= 15 is 0 Å². The van der Waals surface area contributed by atoms with Crippen molar-refractivity contribution in [2.45, 2.75) is 0 Å². The molecule has 0 amide bonds. The van der Waals surface area contributed by atoms with E-state index in [2.05, 4.69) is 277 Å². The minimum atomic E-state index is 0.856. The van der Waals surface area contributed by atoms with Gasteiger partial charge in [0, 0.05) is 113 Å². The van der Waals surface area contributed by atoms with Crippen molar-refractivity contribution in [3.8, 4) is 89.7 Å². The Bertz CT molecular complexity index is 6940. The van der Waals surface area contributed by atoms with Crippen molar-refractivity contribution in [3.05, 3.63) is 346 Å². The van der Waals surface area contributed by atoms with E-state index in [1.807, 2.05) is 79.5 Å². The molecule has 0 saturated heterocycles. The third kappa shape index (κ3) is 10.4. The summed E-state index contributed by atoms with van der Waals surface area (Å²) in [5.74, 6) is 0. The first-order chi connectivity index (χ1) is 51.5. The minimum absolute atomic E-state index is 0.856. The average Bonchev–Trinajstić information content (AvgIpc) is 0.747. The van der Waals surface area contributed by atoms with Crippen molar-refractivity contribution in [3.63, 3.8) is 0 Å². The summed E-state index contributed by atoms with van der Waals surface area (Å²) in [6.07, 6.45) is 9.22. The van der Waals surface area contributed by atoms with E-state index in [1.165, 1.54) is 54.6 Å². The standard InChI is InChI=1S/C56H34N4.C39H23N5/c1-2-12-35(13-3-1)54-46-16-6-7-19-53(46)60-56-47(54)26-20-36-23-27-52(59-55(36)56)38-22-25-45-44-24-21-37(33-48(44)42-14-4-5-15-43(42)49(45)34-38)39-30-40(50-17-8-10-28-57-50)32-41(31-39)51-18-9-11-29-58-51;1-2-8-24(9-3-1)35-29-11-4-5-13-34(29)44-39-30(35)17-14-25-15-18-32(43-37(25)39)27-16-19-33(42-23-27)31-22-26-10-6-20-40-36(26)38-28(31)12-7-21-41-38/h1-34H;1-23H. The molecule has 0 radical (unpaired) electrons. The van der Waals surface area contributed by atoms with Gasteiger partial charge in [-0.2, -0.15) is 0 Å². The van der Waals surface area contributed by atoms with Crippen molar-refractivity contribution in [1.29, 1.82) is 0 Å². The van der Waals surface area contributed by atoms with Gasteiger partial charge in [0.05, 0.1) is 72.6 Å². The summed E-state index contributed by atoms with van der Waals surface area (Å²) in [5.41, 5.74) is 23.9. The third-order valence-corrected chi connectivity index (χ3v) is 20.3. The molecular weight excluding hydrogens is 1270 g/mol. The number of rotatable bonds is 8. The van der Waals surface area contributed by atoms with Gasteiger partial charge in [-0.1, -0.05) is 206 Å². The Morgan fingerprint density at radius 2 is 0.615 bits per heavy atom. The molecule has 0 fully saturated rings. The maximum absolute atomic E-state index is 5.40. The van der Waals surface area contributed by atoms with Gasteiger partial charge in [0.25, 0.3) is 0 Å². The van der Waals surface area contributed by atoms with Crippen LogP contribution in [0.25, 0.3) is 209 Å². The number of nitrogens with zero attached hydrogens (tertiary/aromatic N) is 9. The van der Waals surface area contributed by atoms with E-state index in [0.717, 1.165) is 155 Å². The third-order valence-electron chi connectivity index (χ3n) is 20.3. The summed E-state index contributed by atoms with van der Waals surface area (Å²) >= 11 is 0. The maximum atomic E-state index is 5.40. The number of benzene rings is 12. The molecule has 21 aromatic rings. The molecule has 0 aliphatic carbocycles. The molecule has 0 spiro atoms. The maximum Gasteiger partial charge on any atom is 0.0978 e. The quantitative estimate of drug-likeness (QED) is 0.108. The zero-order valence-corrected chi connectivity index (χ0v) is 55.9. The lowest BCUT2D eigenvalue weighted by molar-refractivity contribution is 1.30. The number of pyridine rings is 9. The van der Waals surface area contributed by atoms with Crippen LogP contribution in [-0.4, -0.2) is 44.9 Å². The first-order valence-electron chi connectivity index (χ1n) is 34.9. The van der Waals surface area contributed by atoms with Crippen LogP contribution in [0.5, 0.6) is 0 Å². The molecule has 9 nitrogen and oxygen atoms in total. The zero-order valence-electron chi connectivity index (χ0n) is 55.9. The summed E-state index contributed by atoms with van der Waals surface area (Å²) in [5, 5.41) is 15.9. The lowest BCUT2D eigenvalue weighted by Gasteiger charge is -2.15. The first-order valence-corrected chi connectivity index (χ1v) is 34.9. The number of hydrogen-bond donors (Lipinski definition) is 0. The number of para-hydroxylation sites is 2. The van der Waals surface area contributed by atoms with Crippen molar-refractivity contribution in [2.75, 3.05) is 0 Å². The summed E-state index contributed by atoms with van der Waals surface area (Å²) in [7, 11) is 0. The molecule has 0 unspecified atom stereocenters. The van der Waals surface area contributed by atoms with Crippen LogP contribution >= 0.6 is 0 Å². The number of aromatic nitrogens is 9. The molecule has 0 aliphatic heterocycles. The Kier molecular flexibility index (Phi) is 14.4. The molecule has 21 rings (SSSR count). The smallest absolute Gasteiger partial charge is 0.0978 e. The molecule has 9 heteroatoms. The van der Waals surface area contributed by atoms with Gasteiger partial charge in [-0.05, 0) is 164 Å². The fourth-order valence-corrected chi connectivity index (χ4v) is 15.4. The molecule has 104 heavy (non-hydrogen) atoms.